The van der Waals surface area contributed by atoms with Crippen LogP contribution >= 0.6 is 0 Å². The van der Waals surface area contributed by atoms with Gasteiger partial charge in [-0.25, -0.2) is 0 Å². The Labute approximate surface area is 67.7 Å². The first-order valence-electron chi connectivity index (χ1n) is 3.44. The highest BCUT2D eigenvalue weighted by Gasteiger charge is 2.43. The first kappa shape index (κ1) is 11.1. The zero-order chi connectivity index (χ0) is 9.94. The standard InChI is InChI=1S/C7H9F3O2/c1-3-5(11)4(2)6(12)7(8,9)10/h4H,3H2,1-2H3/t4-/m0/s1. The highest BCUT2D eigenvalue weighted by Crippen LogP contribution is 2.21. The lowest BCUT2D eigenvalue weighted by molar-refractivity contribution is -0.176. The van der Waals surface area contributed by atoms with Gasteiger partial charge in [-0.05, 0) is 6.92 Å². The number of hydrogen-bond donors (Lipinski definition) is 0. The third-order valence-electron chi connectivity index (χ3n) is 1.50. The molecule has 2 nitrogen and oxygen atoms in total. The molecular formula is C7H9F3O2. The Hall–Kier alpha value is -0.870. The molecule has 0 radical (unpaired) electrons. The van der Waals surface area contributed by atoms with Gasteiger partial charge < -0.3 is 0 Å². The van der Waals surface area contributed by atoms with Gasteiger partial charge in [-0.3, -0.25) is 9.59 Å². The minimum absolute atomic E-state index is 0.0526. The third kappa shape index (κ3) is 2.64. The zero-order valence-corrected chi connectivity index (χ0v) is 6.73. The molecule has 0 aromatic heterocycles. The lowest BCUT2D eigenvalue weighted by Crippen LogP contribution is -2.33. The number of carbonyl (C=O) groups excluding carboxylic acids is 2. The predicted octanol–water partition coefficient (Wildman–Crippen LogP) is 1.73. The van der Waals surface area contributed by atoms with E-state index in [-0.39, 0.29) is 6.42 Å². The maximum atomic E-state index is 11.7. The molecule has 0 aromatic rings. The van der Waals surface area contributed by atoms with Crippen molar-refractivity contribution in [3.63, 3.8) is 0 Å². The van der Waals surface area contributed by atoms with E-state index in [0.717, 1.165) is 6.92 Å². The highest BCUT2D eigenvalue weighted by molar-refractivity contribution is 6.04. The van der Waals surface area contributed by atoms with E-state index >= 15 is 0 Å². The van der Waals surface area contributed by atoms with Crippen molar-refractivity contribution >= 4 is 11.6 Å². The van der Waals surface area contributed by atoms with Gasteiger partial charge in [-0.15, -0.1) is 0 Å². The molecule has 0 aliphatic carbocycles. The summed E-state index contributed by atoms with van der Waals surface area (Å²) >= 11 is 0. The Morgan fingerprint density at radius 3 is 2.00 bits per heavy atom. The molecule has 0 spiro atoms. The van der Waals surface area contributed by atoms with Crippen molar-refractivity contribution in [2.75, 3.05) is 0 Å². The molecule has 0 unspecified atom stereocenters. The number of halogens is 3. The first-order chi connectivity index (χ1) is 5.30. The molecule has 5 heteroatoms. The van der Waals surface area contributed by atoms with E-state index in [0.29, 0.717) is 0 Å². The summed E-state index contributed by atoms with van der Waals surface area (Å²) in [6, 6.07) is 0. The minimum Gasteiger partial charge on any atom is -0.299 e. The van der Waals surface area contributed by atoms with Crippen molar-refractivity contribution in [2.45, 2.75) is 26.4 Å². The molecule has 0 amide bonds. The van der Waals surface area contributed by atoms with Gasteiger partial charge in [0.15, 0.2) is 0 Å². The molecule has 70 valence electrons. The second kappa shape index (κ2) is 3.69. The monoisotopic (exact) mass is 182 g/mol. The second-order valence-corrected chi connectivity index (χ2v) is 2.40. The lowest BCUT2D eigenvalue weighted by Gasteiger charge is -2.09. The van der Waals surface area contributed by atoms with Crippen LogP contribution in [0.4, 0.5) is 13.2 Å². The van der Waals surface area contributed by atoms with Crippen LogP contribution in [0.2, 0.25) is 0 Å². The maximum Gasteiger partial charge on any atom is 0.450 e. The summed E-state index contributed by atoms with van der Waals surface area (Å²) in [7, 11) is 0. The smallest absolute Gasteiger partial charge is 0.299 e. The van der Waals surface area contributed by atoms with Gasteiger partial charge >= 0.3 is 6.18 Å². The molecule has 0 bridgehead atoms. The fourth-order valence-corrected chi connectivity index (χ4v) is 0.698. The van der Waals surface area contributed by atoms with E-state index in [2.05, 4.69) is 0 Å². The summed E-state index contributed by atoms with van der Waals surface area (Å²) in [6.07, 6.45) is -4.95. The average Bonchev–Trinajstić information content (AvgIpc) is 1.98. The van der Waals surface area contributed by atoms with Gasteiger partial charge in [0.05, 0.1) is 5.92 Å². The summed E-state index contributed by atoms with van der Waals surface area (Å²) in [5.74, 6) is -4.21. The van der Waals surface area contributed by atoms with Crippen LogP contribution in [0.3, 0.4) is 0 Å². The van der Waals surface area contributed by atoms with E-state index in [9.17, 15) is 22.8 Å². The normalized spacial score (nSPS) is 14.1. The quantitative estimate of drug-likeness (QED) is 0.623. The molecule has 0 saturated carbocycles. The number of rotatable bonds is 3. The first-order valence-corrected chi connectivity index (χ1v) is 3.44. The largest absolute Gasteiger partial charge is 0.450 e. The second-order valence-electron chi connectivity index (χ2n) is 2.40. The molecule has 0 aliphatic rings. The Bertz CT molecular complexity index is 195. The summed E-state index contributed by atoms with van der Waals surface area (Å²) in [5, 5.41) is 0. The van der Waals surface area contributed by atoms with Gasteiger partial charge in [0.1, 0.15) is 5.78 Å². The van der Waals surface area contributed by atoms with Crippen LogP contribution in [0.5, 0.6) is 0 Å². The Morgan fingerprint density at radius 2 is 1.75 bits per heavy atom. The SMILES string of the molecule is CCC(=O)[C@H](C)C(=O)C(F)(F)F. The average molecular weight is 182 g/mol. The Morgan fingerprint density at radius 1 is 1.33 bits per heavy atom. The summed E-state index contributed by atoms with van der Waals surface area (Å²) in [5.41, 5.74) is 0. The van der Waals surface area contributed by atoms with Crippen molar-refractivity contribution < 1.29 is 22.8 Å². The van der Waals surface area contributed by atoms with Crippen LogP contribution in [0, 0.1) is 5.92 Å². The van der Waals surface area contributed by atoms with E-state index in [1.54, 1.807) is 0 Å². The molecule has 0 rings (SSSR count). The van der Waals surface area contributed by atoms with Crippen LogP contribution in [-0.4, -0.2) is 17.7 Å². The van der Waals surface area contributed by atoms with E-state index in [1.165, 1.54) is 6.92 Å². The van der Waals surface area contributed by atoms with Crippen molar-refractivity contribution in [1.29, 1.82) is 0 Å². The van der Waals surface area contributed by atoms with Gasteiger partial charge in [-0.2, -0.15) is 13.2 Å². The van der Waals surface area contributed by atoms with Crippen molar-refractivity contribution in [3.05, 3.63) is 0 Å². The van der Waals surface area contributed by atoms with Crippen LogP contribution in [0.15, 0.2) is 0 Å². The number of carbonyl (C=O) groups is 2. The number of ketones is 2. The third-order valence-corrected chi connectivity index (χ3v) is 1.50. The molecule has 0 aliphatic heterocycles. The minimum atomic E-state index is -4.90. The summed E-state index contributed by atoms with van der Waals surface area (Å²) < 4.78 is 35.1. The van der Waals surface area contributed by atoms with Crippen LogP contribution < -0.4 is 0 Å². The summed E-state index contributed by atoms with van der Waals surface area (Å²) in [6.45, 7) is 2.39. The molecule has 12 heavy (non-hydrogen) atoms. The van der Waals surface area contributed by atoms with E-state index in [4.69, 9.17) is 0 Å². The van der Waals surface area contributed by atoms with Crippen molar-refractivity contribution in [2.24, 2.45) is 5.92 Å². The fraction of sp³-hybridized carbons (Fsp3) is 0.714. The topological polar surface area (TPSA) is 34.1 Å². The zero-order valence-electron chi connectivity index (χ0n) is 6.73. The van der Waals surface area contributed by atoms with Crippen molar-refractivity contribution in [3.8, 4) is 0 Å². The maximum absolute atomic E-state index is 11.7. The predicted molar refractivity (Wildman–Crippen MR) is 35.5 cm³/mol. The Balaban J connectivity index is 4.41. The highest BCUT2D eigenvalue weighted by atomic mass is 19.4. The van der Waals surface area contributed by atoms with Gasteiger partial charge in [-0.1, -0.05) is 6.92 Å². The van der Waals surface area contributed by atoms with Gasteiger partial charge in [0, 0.05) is 6.42 Å². The van der Waals surface area contributed by atoms with Crippen molar-refractivity contribution in [1.82, 2.24) is 0 Å². The molecule has 0 fully saturated rings. The van der Waals surface area contributed by atoms with Gasteiger partial charge in [0.2, 0.25) is 5.78 Å². The summed E-state index contributed by atoms with van der Waals surface area (Å²) in [4.78, 5) is 21.1. The van der Waals surface area contributed by atoms with Crippen LogP contribution in [0.25, 0.3) is 0 Å². The lowest BCUT2D eigenvalue weighted by atomic mass is 9.99. The molecular weight excluding hydrogens is 173 g/mol. The van der Waals surface area contributed by atoms with Crippen LogP contribution in [-0.2, 0) is 9.59 Å². The molecule has 0 aromatic carbocycles. The molecule has 0 N–H and O–H groups in total. The van der Waals surface area contributed by atoms with E-state index < -0.39 is 23.7 Å². The van der Waals surface area contributed by atoms with Gasteiger partial charge in [0.25, 0.3) is 0 Å². The number of alkyl halides is 3. The van der Waals surface area contributed by atoms with E-state index in [1.807, 2.05) is 0 Å². The number of hydrogen-bond acceptors (Lipinski definition) is 2. The Kier molecular flexibility index (Phi) is 3.42. The number of Topliss-reactive ketones (excluding diaryl/α,β-unsaturated/α-hetero) is 2. The van der Waals surface area contributed by atoms with Crippen LogP contribution in [0.1, 0.15) is 20.3 Å². The molecule has 0 saturated heterocycles. The molecule has 0 heterocycles. The molecule has 1 atom stereocenters. The fourth-order valence-electron chi connectivity index (χ4n) is 0.698.